The maximum Gasteiger partial charge on any atom is 0.251 e. The van der Waals surface area contributed by atoms with Gasteiger partial charge in [-0.3, -0.25) is 9.59 Å². The maximum absolute atomic E-state index is 13.6. The summed E-state index contributed by atoms with van der Waals surface area (Å²) in [5.74, 6) is -0.661. The van der Waals surface area contributed by atoms with Crippen LogP contribution >= 0.6 is 0 Å². The zero-order chi connectivity index (χ0) is 26.7. The molecule has 1 heterocycles. The lowest BCUT2D eigenvalue weighted by atomic mass is 9.89. The minimum absolute atomic E-state index is 0.122. The Kier molecular flexibility index (Phi) is 8.39. The highest BCUT2D eigenvalue weighted by molar-refractivity contribution is 7.89. The first-order valence-electron chi connectivity index (χ1n) is 13.3. The fourth-order valence-electron chi connectivity index (χ4n) is 5.93. The van der Waals surface area contributed by atoms with Gasteiger partial charge in [0.25, 0.3) is 5.91 Å². The van der Waals surface area contributed by atoms with E-state index < -0.39 is 15.9 Å². The predicted molar refractivity (Wildman–Crippen MR) is 145 cm³/mol. The molecule has 2 amide bonds. The Morgan fingerprint density at radius 2 is 1.46 bits per heavy atom. The van der Waals surface area contributed by atoms with Crippen molar-refractivity contribution in [2.24, 2.45) is 5.92 Å². The summed E-state index contributed by atoms with van der Waals surface area (Å²) in [6, 6.07) is 11.0. The van der Waals surface area contributed by atoms with Crippen molar-refractivity contribution in [3.05, 3.63) is 64.2 Å². The summed E-state index contributed by atoms with van der Waals surface area (Å²) in [6.45, 7) is 8.12. The van der Waals surface area contributed by atoms with E-state index in [1.807, 2.05) is 64.1 Å². The molecule has 0 radical (unpaired) electrons. The van der Waals surface area contributed by atoms with Crippen LogP contribution in [0, 0.1) is 33.6 Å². The van der Waals surface area contributed by atoms with E-state index >= 15 is 0 Å². The van der Waals surface area contributed by atoms with E-state index in [1.165, 1.54) is 4.31 Å². The zero-order valence-electron chi connectivity index (χ0n) is 22.3. The number of sulfonamides is 1. The largest absolute Gasteiger partial charge is 0.351 e. The first kappa shape index (κ1) is 27.3. The molecule has 2 aromatic rings. The Hall–Kier alpha value is -2.71. The molecule has 2 N–H and O–H groups in total. The van der Waals surface area contributed by atoms with Crippen LogP contribution < -0.4 is 10.6 Å². The van der Waals surface area contributed by atoms with Crippen LogP contribution in [0.1, 0.15) is 71.1 Å². The lowest BCUT2D eigenvalue weighted by Gasteiger charge is -2.36. The van der Waals surface area contributed by atoms with Gasteiger partial charge in [0.2, 0.25) is 15.9 Å². The fourth-order valence-corrected chi connectivity index (χ4v) is 7.86. The van der Waals surface area contributed by atoms with Crippen LogP contribution in [0.2, 0.25) is 0 Å². The van der Waals surface area contributed by atoms with E-state index in [4.69, 9.17) is 0 Å². The molecular weight excluding hydrogens is 486 g/mol. The highest BCUT2D eigenvalue weighted by Gasteiger charge is 2.36. The lowest BCUT2D eigenvalue weighted by Crippen LogP contribution is -2.55. The number of nitrogens with one attached hydrogen (secondary N) is 2. The van der Waals surface area contributed by atoms with Crippen LogP contribution in [0.5, 0.6) is 0 Å². The molecule has 0 bridgehead atoms. The summed E-state index contributed by atoms with van der Waals surface area (Å²) in [4.78, 5) is 26.6. The normalized spacial score (nSPS) is 22.9. The van der Waals surface area contributed by atoms with Gasteiger partial charge in [0, 0.05) is 30.7 Å². The summed E-state index contributed by atoms with van der Waals surface area (Å²) < 4.78 is 28.6. The molecule has 2 aromatic carbocycles. The third-order valence-electron chi connectivity index (χ3n) is 7.76. The molecule has 0 aromatic heterocycles. The molecule has 7 nitrogen and oxygen atoms in total. The number of benzene rings is 2. The van der Waals surface area contributed by atoms with Crippen LogP contribution in [0.4, 0.5) is 0 Å². The number of carbonyl (C=O) groups excluding carboxylic acids is 2. The molecule has 3 atom stereocenters. The van der Waals surface area contributed by atoms with E-state index in [0.717, 1.165) is 47.9 Å². The van der Waals surface area contributed by atoms with Gasteiger partial charge in [-0.15, -0.1) is 0 Å². The SMILES string of the molecule is Cc1cc(C)c(S(=O)(=O)N2CCC[C@@H](C(=O)N[C@@H]3CCCC[C@H]3NC(=O)c3ccccc3C)C2)c(C)c1. The Morgan fingerprint density at radius 1 is 0.838 bits per heavy atom. The fraction of sp³-hybridized carbons (Fsp3) is 0.517. The van der Waals surface area contributed by atoms with Gasteiger partial charge in [-0.25, -0.2) is 8.42 Å². The van der Waals surface area contributed by atoms with Gasteiger partial charge < -0.3 is 10.6 Å². The Balaban J connectivity index is 1.44. The van der Waals surface area contributed by atoms with Crippen LogP contribution in [0.3, 0.4) is 0 Å². The average Bonchev–Trinajstić information content (AvgIpc) is 2.84. The highest BCUT2D eigenvalue weighted by atomic mass is 32.2. The molecule has 1 saturated heterocycles. The van der Waals surface area contributed by atoms with Crippen molar-refractivity contribution in [2.45, 2.75) is 83.2 Å². The smallest absolute Gasteiger partial charge is 0.251 e. The molecule has 1 saturated carbocycles. The third-order valence-corrected chi connectivity index (χ3v) is 9.93. The van der Waals surface area contributed by atoms with Crippen molar-refractivity contribution >= 4 is 21.8 Å². The van der Waals surface area contributed by atoms with Crippen molar-refractivity contribution in [1.82, 2.24) is 14.9 Å². The number of amides is 2. The van der Waals surface area contributed by atoms with Gasteiger partial charge in [0.1, 0.15) is 0 Å². The number of rotatable bonds is 6. The molecule has 0 unspecified atom stereocenters. The summed E-state index contributed by atoms with van der Waals surface area (Å²) in [7, 11) is -3.70. The second-order valence-electron chi connectivity index (χ2n) is 10.7. The van der Waals surface area contributed by atoms with Crippen molar-refractivity contribution in [2.75, 3.05) is 13.1 Å². The second-order valence-corrected chi connectivity index (χ2v) is 12.6. The first-order chi connectivity index (χ1) is 17.6. The number of carbonyl (C=O) groups is 2. The van der Waals surface area contributed by atoms with E-state index in [0.29, 0.717) is 29.8 Å². The summed E-state index contributed by atoms with van der Waals surface area (Å²) >= 11 is 0. The van der Waals surface area contributed by atoms with Gasteiger partial charge in [-0.1, -0.05) is 48.7 Å². The molecule has 8 heteroatoms. The molecule has 2 aliphatic rings. The number of nitrogens with zero attached hydrogens (tertiary/aromatic N) is 1. The van der Waals surface area contributed by atoms with Crippen LogP contribution in [-0.4, -0.2) is 49.7 Å². The molecule has 0 spiro atoms. The number of aryl methyl sites for hydroxylation is 4. The molecule has 1 aliphatic carbocycles. The monoisotopic (exact) mass is 525 g/mol. The van der Waals surface area contributed by atoms with E-state index in [9.17, 15) is 18.0 Å². The Labute approximate surface area is 221 Å². The van der Waals surface area contributed by atoms with E-state index in [1.54, 1.807) is 0 Å². The zero-order valence-corrected chi connectivity index (χ0v) is 23.2. The van der Waals surface area contributed by atoms with Gasteiger partial charge in [0.05, 0.1) is 10.8 Å². The molecule has 37 heavy (non-hydrogen) atoms. The van der Waals surface area contributed by atoms with Gasteiger partial charge in [-0.2, -0.15) is 4.31 Å². The lowest BCUT2D eigenvalue weighted by molar-refractivity contribution is -0.127. The van der Waals surface area contributed by atoms with Crippen LogP contribution in [0.15, 0.2) is 41.3 Å². The topological polar surface area (TPSA) is 95.6 Å². The number of piperidine rings is 1. The molecule has 2 fully saturated rings. The Bertz CT molecular complexity index is 1250. The summed E-state index contributed by atoms with van der Waals surface area (Å²) in [6.07, 6.45) is 4.87. The van der Waals surface area contributed by atoms with Crippen molar-refractivity contribution in [1.29, 1.82) is 0 Å². The van der Waals surface area contributed by atoms with Gasteiger partial charge in [0.15, 0.2) is 0 Å². The third kappa shape index (κ3) is 6.07. The standard InChI is InChI=1S/C29H39N3O4S/c1-19-16-21(3)27(22(4)17-19)37(35,36)32-15-9-11-23(18-32)28(33)30-25-13-7-8-14-26(25)31-29(34)24-12-6-5-10-20(24)2/h5-6,10,12,16-17,23,25-26H,7-9,11,13-15,18H2,1-4H3,(H,30,33)(H,31,34)/t23-,25-,26-/m1/s1. The van der Waals surface area contributed by atoms with E-state index in [-0.39, 0.29) is 30.4 Å². The number of hydrogen-bond donors (Lipinski definition) is 2. The summed E-state index contributed by atoms with van der Waals surface area (Å²) in [5, 5.41) is 6.32. The maximum atomic E-state index is 13.6. The molecule has 4 rings (SSSR count). The predicted octanol–water partition coefficient (Wildman–Crippen LogP) is 4.18. The van der Waals surface area contributed by atoms with Crippen molar-refractivity contribution < 1.29 is 18.0 Å². The quantitative estimate of drug-likeness (QED) is 0.592. The highest BCUT2D eigenvalue weighted by Crippen LogP contribution is 2.29. The van der Waals surface area contributed by atoms with Gasteiger partial charge >= 0.3 is 0 Å². The minimum Gasteiger partial charge on any atom is -0.351 e. The van der Waals surface area contributed by atoms with Crippen molar-refractivity contribution in [3.8, 4) is 0 Å². The molecular formula is C29H39N3O4S. The molecule has 200 valence electrons. The molecule has 1 aliphatic heterocycles. The second kappa shape index (κ2) is 11.4. The summed E-state index contributed by atoms with van der Waals surface area (Å²) in [5.41, 5.74) is 4.06. The first-order valence-corrected chi connectivity index (χ1v) is 14.8. The average molecular weight is 526 g/mol. The van der Waals surface area contributed by atoms with Crippen molar-refractivity contribution in [3.63, 3.8) is 0 Å². The Morgan fingerprint density at radius 3 is 2.11 bits per heavy atom. The van der Waals surface area contributed by atoms with E-state index in [2.05, 4.69) is 10.6 Å². The van der Waals surface area contributed by atoms with Crippen LogP contribution in [0.25, 0.3) is 0 Å². The minimum atomic E-state index is -3.70. The van der Waals surface area contributed by atoms with Gasteiger partial charge in [-0.05, 0) is 76.1 Å². The van der Waals surface area contributed by atoms with Crippen LogP contribution in [-0.2, 0) is 14.8 Å². The number of hydrogen-bond acceptors (Lipinski definition) is 4.